The van der Waals surface area contributed by atoms with Crippen molar-refractivity contribution in [3.8, 4) is 0 Å². The van der Waals surface area contributed by atoms with Gasteiger partial charge >= 0.3 is 6.09 Å². The molecule has 0 radical (unpaired) electrons. The molecule has 0 bridgehead atoms. The van der Waals surface area contributed by atoms with Gasteiger partial charge in [0.15, 0.2) is 5.60 Å². The van der Waals surface area contributed by atoms with E-state index in [9.17, 15) is 14.0 Å². The molecule has 3 aliphatic rings. The molecule has 1 spiro atoms. The van der Waals surface area contributed by atoms with Crippen molar-refractivity contribution in [3.63, 3.8) is 0 Å². The summed E-state index contributed by atoms with van der Waals surface area (Å²) in [4.78, 5) is 36.0. The first-order valence-corrected chi connectivity index (χ1v) is 11.8. The summed E-state index contributed by atoms with van der Waals surface area (Å²) in [6.45, 7) is 5.35. The minimum Gasteiger partial charge on any atom is -0.436 e. The Balaban J connectivity index is 1.34. The van der Waals surface area contributed by atoms with Crippen LogP contribution in [0.5, 0.6) is 0 Å². The molecule has 4 heterocycles. The molecular formula is C25H29FN4O4. The summed E-state index contributed by atoms with van der Waals surface area (Å²) in [7, 11) is 0. The second kappa shape index (κ2) is 9.21. The highest BCUT2D eigenvalue weighted by Gasteiger charge is 2.49. The molecule has 2 aromatic rings. The second-order valence-electron chi connectivity index (χ2n) is 9.49. The van der Waals surface area contributed by atoms with Crippen molar-refractivity contribution in [2.45, 2.75) is 25.4 Å². The van der Waals surface area contributed by atoms with Gasteiger partial charge in [-0.2, -0.15) is 0 Å². The van der Waals surface area contributed by atoms with Crippen LogP contribution in [0.4, 0.5) is 20.7 Å². The quantitative estimate of drug-likeness (QED) is 0.688. The van der Waals surface area contributed by atoms with E-state index >= 15 is 0 Å². The maximum Gasteiger partial charge on any atom is 0.415 e. The Hall–Kier alpha value is -3.20. The number of hydrogen-bond donors (Lipinski definition) is 0. The maximum absolute atomic E-state index is 13.7. The second-order valence-corrected chi connectivity index (χ2v) is 9.49. The zero-order valence-corrected chi connectivity index (χ0v) is 19.3. The Labute approximate surface area is 198 Å². The molecule has 3 saturated heterocycles. The Bertz CT molecular complexity index is 1080. The molecular weight excluding hydrogens is 439 g/mol. The summed E-state index contributed by atoms with van der Waals surface area (Å²) in [6, 6.07) is 9.39. The van der Waals surface area contributed by atoms with Crippen LogP contribution in [0.1, 0.15) is 30.1 Å². The van der Waals surface area contributed by atoms with Crippen LogP contribution >= 0.6 is 0 Å². The highest BCUT2D eigenvalue weighted by molar-refractivity contribution is 5.95. The summed E-state index contributed by atoms with van der Waals surface area (Å²) in [5, 5.41) is 0. The Morgan fingerprint density at radius 2 is 2.09 bits per heavy atom. The summed E-state index contributed by atoms with van der Waals surface area (Å²) < 4.78 is 25.2. The molecule has 34 heavy (non-hydrogen) atoms. The lowest BCUT2D eigenvalue weighted by molar-refractivity contribution is -0.0140. The molecule has 9 heteroatoms. The predicted octanol–water partition coefficient (Wildman–Crippen LogP) is 3.33. The summed E-state index contributed by atoms with van der Waals surface area (Å²) in [5.74, 6) is 0.814. The van der Waals surface area contributed by atoms with Gasteiger partial charge in [0.05, 0.1) is 32.0 Å². The smallest absolute Gasteiger partial charge is 0.415 e. The van der Waals surface area contributed by atoms with Crippen LogP contribution in [0.3, 0.4) is 0 Å². The molecule has 2 atom stereocenters. The summed E-state index contributed by atoms with van der Waals surface area (Å²) in [5.41, 5.74) is -0.0570. The lowest BCUT2D eigenvalue weighted by Gasteiger charge is -2.32. The van der Waals surface area contributed by atoms with Gasteiger partial charge in [0.25, 0.3) is 5.91 Å². The molecule has 3 fully saturated rings. The highest BCUT2D eigenvalue weighted by Crippen LogP contribution is 2.31. The minimum absolute atomic E-state index is 0.154. The molecule has 5 rings (SSSR count). The molecule has 8 nitrogen and oxygen atoms in total. The van der Waals surface area contributed by atoms with Crippen LogP contribution in [0, 0.1) is 11.7 Å². The fourth-order valence-electron chi connectivity index (χ4n) is 5.01. The summed E-state index contributed by atoms with van der Waals surface area (Å²) >= 11 is 0. The van der Waals surface area contributed by atoms with Crippen LogP contribution in [-0.4, -0.2) is 73.4 Å². The van der Waals surface area contributed by atoms with Gasteiger partial charge in [-0.3, -0.25) is 9.69 Å². The summed E-state index contributed by atoms with van der Waals surface area (Å²) in [6.07, 6.45) is 3.41. The number of amides is 2. The van der Waals surface area contributed by atoms with Gasteiger partial charge in [-0.1, -0.05) is 13.0 Å². The first-order chi connectivity index (χ1) is 16.4. The van der Waals surface area contributed by atoms with E-state index in [-0.39, 0.29) is 25.6 Å². The number of rotatable bonds is 3. The van der Waals surface area contributed by atoms with Crippen molar-refractivity contribution in [1.29, 1.82) is 0 Å². The molecule has 0 aliphatic carbocycles. The third-order valence-corrected chi connectivity index (χ3v) is 6.70. The molecule has 2 amide bonds. The van der Waals surface area contributed by atoms with Crippen LogP contribution in [-0.2, 0) is 9.47 Å². The lowest BCUT2D eigenvalue weighted by atomic mass is 10.0. The molecule has 180 valence electrons. The van der Waals surface area contributed by atoms with E-state index in [2.05, 4.69) is 16.8 Å². The molecule has 0 unspecified atom stereocenters. The number of aromatic nitrogens is 1. The topological polar surface area (TPSA) is 75.2 Å². The van der Waals surface area contributed by atoms with Gasteiger partial charge < -0.3 is 19.3 Å². The minimum atomic E-state index is -1.02. The van der Waals surface area contributed by atoms with Crippen molar-refractivity contribution in [2.24, 2.45) is 5.92 Å². The number of carbonyl (C=O) groups excluding carboxylic acids is 2. The number of carbonyl (C=O) groups is 2. The van der Waals surface area contributed by atoms with Gasteiger partial charge in [-0.05, 0) is 49.1 Å². The highest BCUT2D eigenvalue weighted by atomic mass is 19.1. The zero-order chi connectivity index (χ0) is 23.7. The van der Waals surface area contributed by atoms with Crippen LogP contribution in [0.15, 0.2) is 42.6 Å². The molecule has 1 aromatic carbocycles. The van der Waals surface area contributed by atoms with E-state index in [0.717, 1.165) is 25.3 Å². The lowest BCUT2D eigenvalue weighted by Crippen LogP contribution is -2.49. The Kier molecular flexibility index (Phi) is 6.12. The zero-order valence-electron chi connectivity index (χ0n) is 19.3. The predicted molar refractivity (Wildman–Crippen MR) is 125 cm³/mol. The van der Waals surface area contributed by atoms with Crippen molar-refractivity contribution in [3.05, 3.63) is 54.0 Å². The third-order valence-electron chi connectivity index (χ3n) is 6.70. The van der Waals surface area contributed by atoms with E-state index in [0.29, 0.717) is 30.3 Å². The number of piperidine rings is 1. The average Bonchev–Trinajstić information content (AvgIpc) is 3.02. The number of nitrogens with zero attached hydrogens (tertiary/aromatic N) is 4. The van der Waals surface area contributed by atoms with Gasteiger partial charge in [0, 0.05) is 31.4 Å². The number of benzene rings is 1. The largest absolute Gasteiger partial charge is 0.436 e. The average molecular weight is 469 g/mol. The number of anilines is 2. The van der Waals surface area contributed by atoms with Gasteiger partial charge in [0.1, 0.15) is 11.6 Å². The fourth-order valence-corrected chi connectivity index (χ4v) is 5.01. The number of pyridine rings is 1. The third kappa shape index (κ3) is 4.57. The first-order valence-electron chi connectivity index (χ1n) is 11.8. The van der Waals surface area contributed by atoms with Crippen molar-refractivity contribution < 1.29 is 23.5 Å². The first kappa shape index (κ1) is 22.6. The van der Waals surface area contributed by atoms with E-state index in [4.69, 9.17) is 9.47 Å². The molecule has 1 aromatic heterocycles. The van der Waals surface area contributed by atoms with Gasteiger partial charge in [-0.25, -0.2) is 14.2 Å². The molecule has 0 N–H and O–H groups in total. The SMILES string of the molecule is C[C@@H]1CCCN(c2cc(C(=O)N3CCOC[C@@]4(C3)CN(c3cccc(F)c3)C(=O)O4)ccn2)C1. The van der Waals surface area contributed by atoms with Crippen molar-refractivity contribution in [2.75, 3.05) is 55.7 Å². The number of ether oxygens (including phenoxy) is 2. The Morgan fingerprint density at radius 3 is 2.91 bits per heavy atom. The van der Waals surface area contributed by atoms with E-state index in [1.807, 2.05) is 6.07 Å². The van der Waals surface area contributed by atoms with Crippen LogP contribution in [0.2, 0.25) is 0 Å². The van der Waals surface area contributed by atoms with Crippen molar-refractivity contribution >= 4 is 23.5 Å². The van der Waals surface area contributed by atoms with Gasteiger partial charge in [-0.15, -0.1) is 0 Å². The number of halogens is 1. The van der Waals surface area contributed by atoms with E-state index in [1.165, 1.54) is 23.5 Å². The normalized spacial score (nSPS) is 25.4. The molecule has 0 saturated carbocycles. The number of hydrogen-bond acceptors (Lipinski definition) is 6. The standard InChI is InChI=1S/C25H29FN4O4/c1-18-4-3-9-28(14-18)22-12-19(7-8-27-22)23(31)29-10-11-33-17-25(15-29)16-30(24(32)34-25)21-6-2-5-20(26)13-21/h2,5-8,12-13,18H,3-4,9-11,14-17H2,1H3/t18-,25-/m1/s1. The van der Waals surface area contributed by atoms with Crippen molar-refractivity contribution in [1.82, 2.24) is 9.88 Å². The maximum atomic E-state index is 13.7. The fraction of sp³-hybridized carbons (Fsp3) is 0.480. The Morgan fingerprint density at radius 1 is 1.21 bits per heavy atom. The van der Waals surface area contributed by atoms with E-state index < -0.39 is 17.5 Å². The van der Waals surface area contributed by atoms with Gasteiger partial charge in [0.2, 0.25) is 0 Å². The van der Waals surface area contributed by atoms with Crippen LogP contribution in [0.25, 0.3) is 0 Å². The molecule has 3 aliphatic heterocycles. The monoisotopic (exact) mass is 468 g/mol. The van der Waals surface area contributed by atoms with Crippen LogP contribution < -0.4 is 9.80 Å². The van der Waals surface area contributed by atoms with E-state index in [1.54, 1.807) is 29.3 Å².